The van der Waals surface area contributed by atoms with E-state index in [-0.39, 0.29) is 6.61 Å². The summed E-state index contributed by atoms with van der Waals surface area (Å²) < 4.78 is 7.06. The fourth-order valence-electron chi connectivity index (χ4n) is 2.82. The molecule has 0 aliphatic carbocycles. The highest BCUT2D eigenvalue weighted by Gasteiger charge is 2.44. The van der Waals surface area contributed by atoms with E-state index in [1.165, 1.54) is 17.2 Å². The molecule has 1 fully saturated rings. The van der Waals surface area contributed by atoms with Crippen LogP contribution < -0.4 is 0 Å². The third-order valence-electron chi connectivity index (χ3n) is 4.00. The average molecular weight is 317 g/mol. The summed E-state index contributed by atoms with van der Waals surface area (Å²) in [6, 6.07) is 3.72. The quantitative estimate of drug-likeness (QED) is 0.509. The Bertz CT molecular complexity index is 818. The van der Waals surface area contributed by atoms with Crippen LogP contribution in [0.4, 0.5) is 0 Å². The molecular weight excluding hydrogens is 302 g/mol. The fraction of sp³-hybridized carbons (Fsp3) is 0.357. The van der Waals surface area contributed by atoms with Crippen molar-refractivity contribution in [2.24, 2.45) is 0 Å². The first-order chi connectivity index (χ1) is 11.2. The Balaban J connectivity index is 1.80. The van der Waals surface area contributed by atoms with Gasteiger partial charge in [-0.25, -0.2) is 15.0 Å². The first kappa shape index (κ1) is 14.3. The number of fused-ring (bicyclic) bond motifs is 1. The topological polar surface area (TPSA) is 129 Å². The summed E-state index contributed by atoms with van der Waals surface area (Å²) in [6.07, 6.45) is 0.576. The lowest BCUT2D eigenvalue weighted by Gasteiger charge is -2.16. The van der Waals surface area contributed by atoms with E-state index < -0.39 is 24.5 Å². The number of hydrogen-bond donors (Lipinski definition) is 4. The SMILES string of the molecule is OC[C@H]1O[C@@H](n2cnc3c(-c4ccc[nH]4)ncnc32)[C@@H](O)[C@@H]1O. The van der Waals surface area contributed by atoms with Gasteiger partial charge in [0.15, 0.2) is 11.9 Å². The van der Waals surface area contributed by atoms with Crippen molar-refractivity contribution in [2.75, 3.05) is 6.61 Å². The van der Waals surface area contributed by atoms with Crippen molar-refractivity contribution >= 4 is 11.2 Å². The summed E-state index contributed by atoms with van der Waals surface area (Å²) in [5, 5.41) is 29.3. The lowest BCUT2D eigenvalue weighted by Crippen LogP contribution is -2.33. The summed E-state index contributed by atoms with van der Waals surface area (Å²) >= 11 is 0. The number of nitrogens with zero attached hydrogens (tertiary/aromatic N) is 4. The van der Waals surface area contributed by atoms with Crippen molar-refractivity contribution in [1.29, 1.82) is 0 Å². The molecule has 0 amide bonds. The zero-order chi connectivity index (χ0) is 16.0. The van der Waals surface area contributed by atoms with Crippen LogP contribution in [0, 0.1) is 0 Å². The molecule has 1 saturated heterocycles. The molecule has 4 rings (SSSR count). The second kappa shape index (κ2) is 5.39. The maximum Gasteiger partial charge on any atom is 0.166 e. The Morgan fingerprint density at radius 3 is 2.78 bits per heavy atom. The van der Waals surface area contributed by atoms with Crippen LogP contribution in [-0.2, 0) is 4.74 Å². The fourth-order valence-corrected chi connectivity index (χ4v) is 2.82. The van der Waals surface area contributed by atoms with Gasteiger partial charge >= 0.3 is 0 Å². The van der Waals surface area contributed by atoms with Crippen LogP contribution in [-0.4, -0.2) is 64.7 Å². The number of hydrogen-bond acceptors (Lipinski definition) is 7. The molecule has 23 heavy (non-hydrogen) atoms. The van der Waals surface area contributed by atoms with Crippen LogP contribution in [0.1, 0.15) is 6.23 Å². The van der Waals surface area contributed by atoms with Gasteiger partial charge in [0.05, 0.1) is 18.6 Å². The van der Waals surface area contributed by atoms with Gasteiger partial charge < -0.3 is 25.0 Å². The Hall–Kier alpha value is -2.33. The summed E-state index contributed by atoms with van der Waals surface area (Å²) in [6.45, 7) is -0.385. The van der Waals surface area contributed by atoms with Crippen molar-refractivity contribution in [3.05, 3.63) is 31.0 Å². The molecule has 9 nitrogen and oxygen atoms in total. The van der Waals surface area contributed by atoms with Crippen molar-refractivity contribution in [2.45, 2.75) is 24.5 Å². The molecule has 1 aliphatic rings. The molecular formula is C14H15N5O4. The molecule has 120 valence electrons. The third kappa shape index (κ3) is 2.13. The number of H-pyrrole nitrogens is 1. The molecule has 0 bridgehead atoms. The summed E-state index contributed by atoms with van der Waals surface area (Å²) in [7, 11) is 0. The number of aromatic nitrogens is 5. The van der Waals surface area contributed by atoms with Crippen LogP contribution in [0.5, 0.6) is 0 Å². The summed E-state index contributed by atoms with van der Waals surface area (Å²) in [5.41, 5.74) is 2.45. The molecule has 1 aliphatic heterocycles. The van der Waals surface area contributed by atoms with Gasteiger partial charge in [0.1, 0.15) is 35.8 Å². The van der Waals surface area contributed by atoms with Crippen LogP contribution in [0.3, 0.4) is 0 Å². The lowest BCUT2D eigenvalue weighted by molar-refractivity contribution is -0.0511. The van der Waals surface area contributed by atoms with Crippen molar-refractivity contribution in [3.63, 3.8) is 0 Å². The van der Waals surface area contributed by atoms with Gasteiger partial charge in [-0.1, -0.05) is 0 Å². The van der Waals surface area contributed by atoms with Gasteiger partial charge in [-0.3, -0.25) is 4.57 Å². The first-order valence-corrected chi connectivity index (χ1v) is 7.14. The summed E-state index contributed by atoms with van der Waals surface area (Å²) in [5.74, 6) is 0. The zero-order valence-electron chi connectivity index (χ0n) is 11.9. The highest BCUT2D eigenvalue weighted by molar-refractivity contribution is 5.85. The van der Waals surface area contributed by atoms with Gasteiger partial charge in [0.25, 0.3) is 0 Å². The average Bonchev–Trinajstić information content (AvgIpc) is 3.28. The molecule has 0 spiro atoms. The lowest BCUT2D eigenvalue weighted by atomic mass is 10.1. The van der Waals surface area contributed by atoms with E-state index in [9.17, 15) is 15.3 Å². The molecule has 4 atom stereocenters. The van der Waals surface area contributed by atoms with Crippen LogP contribution >= 0.6 is 0 Å². The van der Waals surface area contributed by atoms with Gasteiger partial charge in [0.2, 0.25) is 0 Å². The maximum atomic E-state index is 10.2. The molecule has 0 unspecified atom stereocenters. The number of aromatic amines is 1. The standard InChI is InChI=1S/C14H15N5O4/c20-4-8-11(21)12(22)14(23-8)19-6-18-10-9(7-2-1-3-15-7)16-5-17-13(10)19/h1-3,5-6,8,11-12,14-15,20-22H,4H2/t8-,11-,12+,14-/m1/s1. The van der Waals surface area contributed by atoms with Crippen molar-refractivity contribution in [1.82, 2.24) is 24.5 Å². The zero-order valence-corrected chi connectivity index (χ0v) is 11.9. The van der Waals surface area contributed by atoms with Gasteiger partial charge in [-0.2, -0.15) is 0 Å². The number of aliphatic hydroxyl groups excluding tert-OH is 3. The smallest absolute Gasteiger partial charge is 0.166 e. The first-order valence-electron chi connectivity index (χ1n) is 7.14. The maximum absolute atomic E-state index is 10.2. The second-order valence-electron chi connectivity index (χ2n) is 5.36. The van der Waals surface area contributed by atoms with Gasteiger partial charge in [-0.05, 0) is 12.1 Å². The van der Waals surface area contributed by atoms with Crippen LogP contribution in [0.15, 0.2) is 31.0 Å². The predicted octanol–water partition coefficient (Wildman–Crippen LogP) is -0.567. The minimum Gasteiger partial charge on any atom is -0.394 e. The van der Waals surface area contributed by atoms with Crippen LogP contribution in [0.2, 0.25) is 0 Å². The van der Waals surface area contributed by atoms with Gasteiger partial charge in [-0.15, -0.1) is 0 Å². The molecule has 4 heterocycles. The minimum absolute atomic E-state index is 0.385. The molecule has 9 heteroatoms. The highest BCUT2D eigenvalue weighted by atomic mass is 16.6. The number of aliphatic hydroxyl groups is 3. The normalized spacial score (nSPS) is 27.8. The van der Waals surface area contributed by atoms with E-state index in [2.05, 4.69) is 19.9 Å². The minimum atomic E-state index is -1.19. The van der Waals surface area contributed by atoms with Gasteiger partial charge in [0, 0.05) is 6.20 Å². The molecule has 3 aromatic rings. The van der Waals surface area contributed by atoms with Crippen molar-refractivity contribution < 1.29 is 20.1 Å². The van der Waals surface area contributed by atoms with Crippen LogP contribution in [0.25, 0.3) is 22.6 Å². The van der Waals surface area contributed by atoms with E-state index >= 15 is 0 Å². The third-order valence-corrected chi connectivity index (χ3v) is 4.00. The van der Waals surface area contributed by atoms with E-state index in [0.717, 1.165) is 5.69 Å². The molecule has 4 N–H and O–H groups in total. The molecule has 0 aromatic carbocycles. The van der Waals surface area contributed by atoms with E-state index in [1.807, 2.05) is 12.1 Å². The van der Waals surface area contributed by atoms with E-state index in [4.69, 9.17) is 4.74 Å². The van der Waals surface area contributed by atoms with E-state index in [0.29, 0.717) is 16.9 Å². The molecule has 3 aromatic heterocycles. The Morgan fingerprint density at radius 2 is 2.09 bits per heavy atom. The van der Waals surface area contributed by atoms with E-state index in [1.54, 1.807) is 6.20 Å². The largest absolute Gasteiger partial charge is 0.394 e. The molecule has 0 saturated carbocycles. The Morgan fingerprint density at radius 1 is 1.22 bits per heavy atom. The summed E-state index contributed by atoms with van der Waals surface area (Å²) in [4.78, 5) is 15.8. The molecule has 0 radical (unpaired) electrons. The monoisotopic (exact) mass is 317 g/mol. The number of imidazole rings is 1. The second-order valence-corrected chi connectivity index (χ2v) is 5.36. The predicted molar refractivity (Wildman–Crippen MR) is 78.1 cm³/mol. The Labute approximate surface area is 130 Å². The number of ether oxygens (including phenoxy) is 1. The Kier molecular flexibility index (Phi) is 3.34. The number of nitrogens with one attached hydrogen (secondary N) is 1. The number of rotatable bonds is 3. The highest BCUT2D eigenvalue weighted by Crippen LogP contribution is 2.32. The van der Waals surface area contributed by atoms with Crippen molar-refractivity contribution in [3.8, 4) is 11.4 Å².